The quantitative estimate of drug-likeness (QED) is 0.677. The lowest BCUT2D eigenvalue weighted by Crippen LogP contribution is -2.17. The van der Waals surface area contributed by atoms with Gasteiger partial charge in [0.1, 0.15) is 11.3 Å². The standard InChI is InChI=1S/C17H12N4O5S/c1-24-15-11(7-19-16(21-15)25-2)10-6-18-5-8-3-9(26-13(8)10)4-12-14(22)20-17(23)27-12/h3-7H,1-2H3,(H,20,22,23)/b12-4-. The molecule has 0 unspecified atom stereocenters. The topological polar surface area (TPSA) is 116 Å². The number of nitrogens with zero attached hydrogens (tertiary/aromatic N) is 3. The van der Waals surface area contributed by atoms with Gasteiger partial charge in [-0.05, 0) is 17.8 Å². The molecular formula is C17H12N4O5S. The number of fused-ring (bicyclic) bond motifs is 1. The van der Waals surface area contributed by atoms with Crippen molar-refractivity contribution in [1.82, 2.24) is 20.3 Å². The van der Waals surface area contributed by atoms with E-state index >= 15 is 0 Å². The van der Waals surface area contributed by atoms with Crippen molar-refractivity contribution in [3.05, 3.63) is 35.3 Å². The minimum atomic E-state index is -0.450. The molecule has 0 radical (unpaired) electrons. The van der Waals surface area contributed by atoms with E-state index in [0.717, 1.165) is 11.8 Å². The van der Waals surface area contributed by atoms with E-state index < -0.39 is 11.1 Å². The highest BCUT2D eigenvalue weighted by atomic mass is 32.2. The van der Waals surface area contributed by atoms with E-state index in [4.69, 9.17) is 13.9 Å². The largest absolute Gasteiger partial charge is 0.480 e. The number of methoxy groups -OCH3 is 2. The Morgan fingerprint density at radius 2 is 2.00 bits per heavy atom. The monoisotopic (exact) mass is 384 g/mol. The Balaban J connectivity index is 1.82. The SMILES string of the molecule is COc1ncc(-c2cncc3cc(/C=C4\SC(=O)NC4=O)oc23)c(OC)n1. The molecule has 1 N–H and O–H groups in total. The van der Waals surface area contributed by atoms with Crippen LogP contribution in [0.15, 0.2) is 34.0 Å². The van der Waals surface area contributed by atoms with Crippen molar-refractivity contribution in [2.45, 2.75) is 0 Å². The maximum absolute atomic E-state index is 11.7. The average molecular weight is 384 g/mol. The van der Waals surface area contributed by atoms with Gasteiger partial charge in [0.15, 0.2) is 0 Å². The van der Waals surface area contributed by atoms with E-state index in [1.54, 1.807) is 24.7 Å². The van der Waals surface area contributed by atoms with E-state index in [1.807, 2.05) is 0 Å². The van der Waals surface area contributed by atoms with Gasteiger partial charge in [-0.15, -0.1) is 0 Å². The number of rotatable bonds is 4. The maximum atomic E-state index is 11.7. The van der Waals surface area contributed by atoms with Crippen molar-refractivity contribution >= 4 is 40.0 Å². The van der Waals surface area contributed by atoms with Crippen LogP contribution in [0.4, 0.5) is 4.79 Å². The Bertz CT molecular complexity index is 1110. The third-order valence-electron chi connectivity index (χ3n) is 3.75. The second kappa shape index (κ2) is 6.72. The molecule has 9 nitrogen and oxygen atoms in total. The summed E-state index contributed by atoms with van der Waals surface area (Å²) in [6.07, 6.45) is 6.31. The van der Waals surface area contributed by atoms with Crippen LogP contribution < -0.4 is 14.8 Å². The molecule has 1 aliphatic heterocycles. The second-order valence-corrected chi connectivity index (χ2v) is 6.40. The minimum Gasteiger partial charge on any atom is -0.480 e. The summed E-state index contributed by atoms with van der Waals surface area (Å²) in [6, 6.07) is 1.90. The fourth-order valence-electron chi connectivity index (χ4n) is 2.59. The lowest BCUT2D eigenvalue weighted by molar-refractivity contribution is -0.115. The zero-order valence-electron chi connectivity index (χ0n) is 14.2. The summed E-state index contributed by atoms with van der Waals surface area (Å²) in [5.41, 5.74) is 1.73. The number of imide groups is 1. The van der Waals surface area contributed by atoms with Crippen LogP contribution in [0.2, 0.25) is 0 Å². The van der Waals surface area contributed by atoms with Crippen LogP contribution >= 0.6 is 11.8 Å². The number of thioether (sulfide) groups is 1. The minimum absolute atomic E-state index is 0.175. The molecule has 1 fully saturated rings. The average Bonchev–Trinajstić information content (AvgIpc) is 3.23. The van der Waals surface area contributed by atoms with Gasteiger partial charge >= 0.3 is 6.01 Å². The maximum Gasteiger partial charge on any atom is 0.319 e. The number of aromatic nitrogens is 3. The summed E-state index contributed by atoms with van der Waals surface area (Å²) in [6.45, 7) is 0. The van der Waals surface area contributed by atoms with Crippen LogP contribution in [-0.2, 0) is 4.79 Å². The van der Waals surface area contributed by atoms with Crippen molar-refractivity contribution in [3.63, 3.8) is 0 Å². The van der Waals surface area contributed by atoms with Crippen molar-refractivity contribution in [2.24, 2.45) is 0 Å². The molecule has 0 aromatic carbocycles. The first-order valence-corrected chi connectivity index (χ1v) is 8.48. The third-order valence-corrected chi connectivity index (χ3v) is 4.57. The molecule has 4 heterocycles. The molecule has 10 heteroatoms. The van der Waals surface area contributed by atoms with Gasteiger partial charge in [-0.3, -0.25) is 19.9 Å². The van der Waals surface area contributed by atoms with Gasteiger partial charge < -0.3 is 13.9 Å². The highest BCUT2D eigenvalue weighted by molar-refractivity contribution is 8.18. The van der Waals surface area contributed by atoms with E-state index in [0.29, 0.717) is 33.7 Å². The lowest BCUT2D eigenvalue weighted by atomic mass is 10.1. The highest BCUT2D eigenvalue weighted by Crippen LogP contribution is 2.36. The number of carbonyl (C=O) groups excluding carboxylic acids is 2. The summed E-state index contributed by atoms with van der Waals surface area (Å²) < 4.78 is 16.2. The fourth-order valence-corrected chi connectivity index (χ4v) is 3.25. The summed E-state index contributed by atoms with van der Waals surface area (Å²) in [7, 11) is 2.95. The lowest BCUT2D eigenvalue weighted by Gasteiger charge is -2.08. The molecule has 1 aliphatic rings. The number of hydrogen-bond acceptors (Lipinski definition) is 9. The predicted octanol–water partition coefficient (Wildman–Crippen LogP) is 2.63. The molecule has 3 aromatic heterocycles. The van der Waals surface area contributed by atoms with Crippen molar-refractivity contribution in [1.29, 1.82) is 0 Å². The Morgan fingerprint density at radius 1 is 1.15 bits per heavy atom. The molecule has 0 bridgehead atoms. The third kappa shape index (κ3) is 3.10. The van der Waals surface area contributed by atoms with Crippen LogP contribution in [0.1, 0.15) is 5.76 Å². The zero-order valence-corrected chi connectivity index (χ0v) is 15.0. The molecule has 1 saturated heterocycles. The second-order valence-electron chi connectivity index (χ2n) is 5.39. The first kappa shape index (κ1) is 17.0. The number of nitrogens with one attached hydrogen (secondary N) is 1. The molecule has 27 heavy (non-hydrogen) atoms. The van der Waals surface area contributed by atoms with Gasteiger partial charge in [-0.2, -0.15) is 4.98 Å². The van der Waals surface area contributed by atoms with Crippen LogP contribution in [0, 0.1) is 0 Å². The van der Waals surface area contributed by atoms with E-state index in [2.05, 4.69) is 20.3 Å². The van der Waals surface area contributed by atoms with E-state index in [9.17, 15) is 9.59 Å². The van der Waals surface area contributed by atoms with Crippen molar-refractivity contribution < 1.29 is 23.5 Å². The summed E-state index contributed by atoms with van der Waals surface area (Å²) in [4.78, 5) is 35.8. The Labute approximate surface area is 156 Å². The Morgan fingerprint density at radius 3 is 2.70 bits per heavy atom. The molecule has 3 aromatic rings. The van der Waals surface area contributed by atoms with Crippen LogP contribution in [0.3, 0.4) is 0 Å². The van der Waals surface area contributed by atoms with Gasteiger partial charge in [-0.1, -0.05) is 0 Å². The highest BCUT2D eigenvalue weighted by Gasteiger charge is 2.25. The molecule has 4 rings (SSSR count). The molecule has 136 valence electrons. The van der Waals surface area contributed by atoms with Crippen LogP contribution in [-0.4, -0.2) is 40.3 Å². The Kier molecular flexibility index (Phi) is 4.24. The number of pyridine rings is 1. The first-order valence-electron chi connectivity index (χ1n) is 7.67. The predicted molar refractivity (Wildman–Crippen MR) is 97.2 cm³/mol. The summed E-state index contributed by atoms with van der Waals surface area (Å²) in [5.74, 6) is 0.276. The van der Waals surface area contributed by atoms with Crippen LogP contribution in [0.25, 0.3) is 28.2 Å². The smallest absolute Gasteiger partial charge is 0.319 e. The van der Waals surface area contributed by atoms with E-state index in [1.165, 1.54) is 20.3 Å². The molecule has 0 spiro atoms. The number of ether oxygens (including phenoxy) is 2. The molecule has 0 aliphatic carbocycles. The first-order chi connectivity index (χ1) is 13.1. The van der Waals surface area contributed by atoms with Crippen molar-refractivity contribution in [3.8, 4) is 23.0 Å². The number of amides is 2. The molecule has 0 saturated carbocycles. The molecule has 2 amide bonds. The van der Waals surface area contributed by atoms with E-state index in [-0.39, 0.29) is 10.9 Å². The normalized spacial score (nSPS) is 15.4. The van der Waals surface area contributed by atoms with Gasteiger partial charge in [-0.25, -0.2) is 4.98 Å². The zero-order chi connectivity index (χ0) is 19.0. The number of hydrogen-bond donors (Lipinski definition) is 1. The number of carbonyl (C=O) groups is 2. The fraction of sp³-hybridized carbons (Fsp3) is 0.118. The molecule has 0 atom stereocenters. The van der Waals surface area contributed by atoms with Gasteiger partial charge in [0.05, 0.1) is 30.3 Å². The molecular weight excluding hydrogens is 372 g/mol. The van der Waals surface area contributed by atoms with Gasteiger partial charge in [0, 0.05) is 30.1 Å². The van der Waals surface area contributed by atoms with Crippen LogP contribution in [0.5, 0.6) is 11.9 Å². The van der Waals surface area contributed by atoms with Gasteiger partial charge in [0.2, 0.25) is 5.88 Å². The Hall–Kier alpha value is -3.40. The number of furan rings is 1. The summed E-state index contributed by atoms with van der Waals surface area (Å²) in [5, 5.41) is 2.50. The van der Waals surface area contributed by atoms with Gasteiger partial charge in [0.25, 0.3) is 11.1 Å². The van der Waals surface area contributed by atoms with Crippen molar-refractivity contribution in [2.75, 3.05) is 14.2 Å². The summed E-state index contributed by atoms with van der Waals surface area (Å²) >= 11 is 0.821.